The topological polar surface area (TPSA) is 46.3 Å². The number of nitrogens with two attached hydrogens (primary N) is 1. The maximum absolute atomic E-state index is 12.8. The predicted molar refractivity (Wildman–Crippen MR) is 89.5 cm³/mol. The molecule has 0 saturated heterocycles. The van der Waals surface area contributed by atoms with Crippen molar-refractivity contribution < 1.29 is 4.79 Å². The van der Waals surface area contributed by atoms with Gasteiger partial charge in [-0.15, -0.1) is 11.3 Å². The van der Waals surface area contributed by atoms with E-state index in [4.69, 9.17) is 18.0 Å². The first-order chi connectivity index (χ1) is 10.1. The van der Waals surface area contributed by atoms with E-state index in [9.17, 15) is 4.79 Å². The van der Waals surface area contributed by atoms with Crippen molar-refractivity contribution in [2.45, 2.75) is 25.4 Å². The molecule has 21 heavy (non-hydrogen) atoms. The number of thiophene rings is 1. The van der Waals surface area contributed by atoms with E-state index in [0.717, 1.165) is 18.4 Å². The van der Waals surface area contributed by atoms with E-state index in [1.807, 2.05) is 34.5 Å². The highest BCUT2D eigenvalue weighted by Crippen LogP contribution is 2.30. The molecule has 1 aliphatic rings. The average molecular weight is 316 g/mol. The molecule has 3 rings (SSSR count). The maximum atomic E-state index is 12.8. The summed E-state index contributed by atoms with van der Waals surface area (Å²) in [6.45, 7) is 0.679. The fourth-order valence-corrected chi connectivity index (χ4v) is 3.12. The SMILES string of the molecule is NC(=S)c1cccc(C(=O)N(Cc2cccs2)C2CC2)c1. The Bertz CT molecular complexity index is 663. The third-order valence-electron chi connectivity index (χ3n) is 3.55. The third-order valence-corrected chi connectivity index (χ3v) is 4.65. The molecule has 1 aliphatic carbocycles. The standard InChI is InChI=1S/C16H16N2OS2/c17-15(20)11-3-1-4-12(9-11)16(19)18(13-6-7-13)10-14-5-2-8-21-14/h1-5,8-9,13H,6-7,10H2,(H2,17,20). The van der Waals surface area contributed by atoms with Gasteiger partial charge in [-0.3, -0.25) is 4.79 Å². The number of thiocarbonyl (C=S) groups is 1. The minimum atomic E-state index is 0.0593. The van der Waals surface area contributed by atoms with Crippen LogP contribution >= 0.6 is 23.6 Å². The molecule has 108 valence electrons. The third kappa shape index (κ3) is 3.31. The van der Waals surface area contributed by atoms with Gasteiger partial charge in [0.1, 0.15) is 4.99 Å². The van der Waals surface area contributed by atoms with Gasteiger partial charge in [0.05, 0.1) is 6.54 Å². The molecule has 1 aromatic heterocycles. The van der Waals surface area contributed by atoms with Crippen LogP contribution in [0.15, 0.2) is 41.8 Å². The van der Waals surface area contributed by atoms with Gasteiger partial charge in [0.25, 0.3) is 5.91 Å². The lowest BCUT2D eigenvalue weighted by atomic mass is 10.1. The molecule has 2 aromatic rings. The molecule has 3 nitrogen and oxygen atoms in total. The van der Waals surface area contributed by atoms with E-state index in [0.29, 0.717) is 23.1 Å². The fourth-order valence-electron chi connectivity index (χ4n) is 2.29. The number of amides is 1. The smallest absolute Gasteiger partial charge is 0.254 e. The molecule has 1 saturated carbocycles. The largest absolute Gasteiger partial charge is 0.389 e. The number of carbonyl (C=O) groups excluding carboxylic acids is 1. The number of carbonyl (C=O) groups is 1. The summed E-state index contributed by atoms with van der Waals surface area (Å²) in [5, 5.41) is 2.04. The first-order valence-corrected chi connectivity index (χ1v) is 8.17. The zero-order valence-corrected chi connectivity index (χ0v) is 13.1. The van der Waals surface area contributed by atoms with Crippen LogP contribution in [0.3, 0.4) is 0 Å². The number of hydrogen-bond acceptors (Lipinski definition) is 3. The summed E-state index contributed by atoms with van der Waals surface area (Å²) in [6.07, 6.45) is 2.18. The molecule has 0 aliphatic heterocycles. The van der Waals surface area contributed by atoms with Gasteiger partial charge in [-0.2, -0.15) is 0 Å². The molecule has 2 N–H and O–H groups in total. The van der Waals surface area contributed by atoms with Crippen LogP contribution in [-0.2, 0) is 6.54 Å². The summed E-state index contributed by atoms with van der Waals surface area (Å²) < 4.78 is 0. The first-order valence-electron chi connectivity index (χ1n) is 6.88. The predicted octanol–water partition coefficient (Wildman–Crippen LogP) is 3.19. The lowest BCUT2D eigenvalue weighted by Gasteiger charge is -2.22. The lowest BCUT2D eigenvalue weighted by molar-refractivity contribution is 0.0731. The Hall–Kier alpha value is -1.72. The molecular weight excluding hydrogens is 300 g/mol. The molecule has 1 heterocycles. The van der Waals surface area contributed by atoms with Crippen molar-refractivity contribution in [1.29, 1.82) is 0 Å². The van der Waals surface area contributed by atoms with Crippen molar-refractivity contribution in [3.05, 3.63) is 57.8 Å². The number of nitrogens with zero attached hydrogens (tertiary/aromatic N) is 1. The summed E-state index contributed by atoms with van der Waals surface area (Å²) in [4.78, 5) is 16.3. The van der Waals surface area contributed by atoms with Crippen LogP contribution in [0.2, 0.25) is 0 Å². The van der Waals surface area contributed by atoms with Gasteiger partial charge in [0.15, 0.2) is 0 Å². The molecule has 0 radical (unpaired) electrons. The molecule has 1 fully saturated rings. The summed E-state index contributed by atoms with van der Waals surface area (Å²) in [5.41, 5.74) is 7.04. The van der Waals surface area contributed by atoms with Crippen LogP contribution in [0.1, 0.15) is 33.6 Å². The summed E-state index contributed by atoms with van der Waals surface area (Å²) in [6, 6.07) is 11.7. The molecule has 0 atom stereocenters. The average Bonchev–Trinajstić information content (AvgIpc) is 3.20. The van der Waals surface area contributed by atoms with Gasteiger partial charge < -0.3 is 10.6 Å². The van der Waals surface area contributed by atoms with Crippen LogP contribution in [0.4, 0.5) is 0 Å². The van der Waals surface area contributed by atoms with Gasteiger partial charge in [0.2, 0.25) is 0 Å². The number of rotatable bonds is 5. The molecule has 5 heteroatoms. The number of hydrogen-bond donors (Lipinski definition) is 1. The molecule has 1 amide bonds. The second-order valence-electron chi connectivity index (χ2n) is 5.19. The van der Waals surface area contributed by atoms with Crippen LogP contribution in [0.25, 0.3) is 0 Å². The minimum absolute atomic E-state index is 0.0593. The fraction of sp³-hybridized carbons (Fsp3) is 0.250. The van der Waals surface area contributed by atoms with Crippen LogP contribution in [-0.4, -0.2) is 21.8 Å². The molecule has 0 bridgehead atoms. The van der Waals surface area contributed by atoms with E-state index in [1.54, 1.807) is 17.4 Å². The van der Waals surface area contributed by atoms with Crippen molar-refractivity contribution in [1.82, 2.24) is 4.90 Å². The van der Waals surface area contributed by atoms with Gasteiger partial charge in [0, 0.05) is 22.0 Å². The Balaban J connectivity index is 1.84. The highest BCUT2D eigenvalue weighted by atomic mass is 32.1. The highest BCUT2D eigenvalue weighted by Gasteiger charge is 2.33. The second kappa shape index (κ2) is 5.95. The van der Waals surface area contributed by atoms with E-state index >= 15 is 0 Å². The summed E-state index contributed by atoms with van der Waals surface area (Å²) >= 11 is 6.67. The quantitative estimate of drug-likeness (QED) is 0.862. The molecule has 0 spiro atoms. The molecule has 0 unspecified atom stereocenters. The van der Waals surface area contributed by atoms with Gasteiger partial charge in [-0.05, 0) is 36.4 Å². The zero-order valence-electron chi connectivity index (χ0n) is 11.5. The van der Waals surface area contributed by atoms with E-state index in [-0.39, 0.29) is 5.91 Å². The van der Waals surface area contributed by atoms with Crippen molar-refractivity contribution in [3.63, 3.8) is 0 Å². The molecular formula is C16H16N2OS2. The normalized spacial score (nSPS) is 13.9. The Morgan fingerprint density at radius 1 is 1.29 bits per heavy atom. The second-order valence-corrected chi connectivity index (χ2v) is 6.66. The van der Waals surface area contributed by atoms with Crippen LogP contribution in [0, 0.1) is 0 Å². The Morgan fingerprint density at radius 2 is 2.05 bits per heavy atom. The summed E-state index contributed by atoms with van der Waals surface area (Å²) in [7, 11) is 0. The van der Waals surface area contributed by atoms with Crippen LogP contribution in [0.5, 0.6) is 0 Å². The minimum Gasteiger partial charge on any atom is -0.389 e. The van der Waals surface area contributed by atoms with E-state index in [2.05, 4.69) is 6.07 Å². The Labute approximate surface area is 133 Å². The van der Waals surface area contributed by atoms with E-state index in [1.165, 1.54) is 4.88 Å². The van der Waals surface area contributed by atoms with Gasteiger partial charge in [-0.25, -0.2) is 0 Å². The van der Waals surface area contributed by atoms with Crippen molar-refractivity contribution in [2.75, 3.05) is 0 Å². The number of benzene rings is 1. The van der Waals surface area contributed by atoms with Crippen LogP contribution < -0.4 is 5.73 Å². The van der Waals surface area contributed by atoms with E-state index < -0.39 is 0 Å². The Kier molecular flexibility index (Phi) is 4.03. The first kappa shape index (κ1) is 14.2. The van der Waals surface area contributed by atoms with Crippen molar-refractivity contribution in [2.24, 2.45) is 5.73 Å². The van der Waals surface area contributed by atoms with Gasteiger partial charge in [-0.1, -0.05) is 30.4 Å². The maximum Gasteiger partial charge on any atom is 0.254 e. The monoisotopic (exact) mass is 316 g/mol. The van der Waals surface area contributed by atoms with Crippen molar-refractivity contribution >= 4 is 34.5 Å². The summed E-state index contributed by atoms with van der Waals surface area (Å²) in [5.74, 6) is 0.0593. The van der Waals surface area contributed by atoms with Gasteiger partial charge >= 0.3 is 0 Å². The Morgan fingerprint density at radius 3 is 2.67 bits per heavy atom. The zero-order chi connectivity index (χ0) is 14.8. The lowest BCUT2D eigenvalue weighted by Crippen LogP contribution is -2.32. The van der Waals surface area contributed by atoms with Crippen molar-refractivity contribution in [3.8, 4) is 0 Å². The molecule has 1 aromatic carbocycles. The highest BCUT2D eigenvalue weighted by molar-refractivity contribution is 7.80.